The molecule has 0 amide bonds. The van der Waals surface area contributed by atoms with E-state index >= 15 is 0 Å². The first-order valence-corrected chi connectivity index (χ1v) is 9.62. The van der Waals surface area contributed by atoms with E-state index in [0.717, 1.165) is 28.2 Å². The van der Waals surface area contributed by atoms with E-state index < -0.39 is 0 Å². The molecule has 142 valence electrons. The number of nitrogens with one attached hydrogen (secondary N) is 2. The van der Waals surface area contributed by atoms with E-state index in [9.17, 15) is 0 Å². The number of hydrogen-bond donors (Lipinski definition) is 2. The summed E-state index contributed by atoms with van der Waals surface area (Å²) < 4.78 is 5.71. The lowest BCUT2D eigenvalue weighted by molar-refractivity contribution is 0.408. The largest absolute Gasteiger partial charge is 0.496 e. The topological polar surface area (TPSA) is 37.0 Å². The van der Waals surface area contributed by atoms with Crippen molar-refractivity contribution in [2.75, 3.05) is 12.4 Å². The summed E-state index contributed by atoms with van der Waals surface area (Å²) in [7, 11) is 1.73. The smallest absolute Gasteiger partial charge is 0.124 e. The van der Waals surface area contributed by atoms with Gasteiger partial charge in [-0.1, -0.05) is 42.5 Å². The third-order valence-corrected chi connectivity index (χ3v) is 5.50. The Balaban J connectivity index is 1.90. The Kier molecular flexibility index (Phi) is 4.82. The summed E-state index contributed by atoms with van der Waals surface area (Å²) in [5.74, 6) is 0.883. The number of para-hydroxylation sites is 2. The fourth-order valence-electron chi connectivity index (χ4n) is 3.88. The fraction of sp³-hybridized carbons (Fsp3) is 0.200. The molecule has 1 heterocycles. The molecule has 1 aromatic heterocycles. The highest BCUT2D eigenvalue weighted by atomic mass is 16.5. The van der Waals surface area contributed by atoms with E-state index in [1.807, 2.05) is 12.1 Å². The molecular formula is C25H26N2O. The van der Waals surface area contributed by atoms with Gasteiger partial charge in [0.15, 0.2) is 0 Å². The zero-order valence-electron chi connectivity index (χ0n) is 16.8. The molecule has 0 saturated heterocycles. The second kappa shape index (κ2) is 7.43. The lowest BCUT2D eigenvalue weighted by atomic mass is 9.94. The molecule has 0 fully saturated rings. The van der Waals surface area contributed by atoms with Crippen LogP contribution in [0.25, 0.3) is 10.9 Å². The van der Waals surface area contributed by atoms with Gasteiger partial charge in [0.25, 0.3) is 0 Å². The molecule has 0 aliphatic heterocycles. The number of H-pyrrole nitrogens is 1. The van der Waals surface area contributed by atoms with Crippen molar-refractivity contribution >= 4 is 16.6 Å². The average molecular weight is 370 g/mol. The summed E-state index contributed by atoms with van der Waals surface area (Å²) in [6, 6.07) is 23.2. The first-order chi connectivity index (χ1) is 13.6. The number of fused-ring (bicyclic) bond motifs is 1. The van der Waals surface area contributed by atoms with Crippen LogP contribution in [-0.2, 0) is 0 Å². The number of methoxy groups -OCH3 is 1. The molecule has 0 spiro atoms. The van der Waals surface area contributed by atoms with Gasteiger partial charge >= 0.3 is 0 Å². The van der Waals surface area contributed by atoms with E-state index in [-0.39, 0.29) is 6.04 Å². The van der Waals surface area contributed by atoms with Gasteiger partial charge in [0, 0.05) is 33.4 Å². The SMILES string of the molecule is COc1ccccc1[C@@H](Nc1ccc(C)c(C)c1)c1c(C)[nH]c2ccccc12. The van der Waals surface area contributed by atoms with Crippen molar-refractivity contribution in [3.05, 3.63) is 94.7 Å². The standard InChI is InChI=1S/C25H26N2O/c1-16-13-14-19(15-17(16)2)27-25(21-10-6-8-12-23(21)28-4)24-18(3)26-22-11-7-5-9-20(22)24/h5-15,25-27H,1-4H3/t25-/m1/s1. The van der Waals surface area contributed by atoms with Crippen LogP contribution >= 0.6 is 0 Å². The molecule has 0 aliphatic carbocycles. The quantitative estimate of drug-likeness (QED) is 0.432. The number of ether oxygens (including phenoxy) is 1. The van der Waals surface area contributed by atoms with Crippen molar-refractivity contribution in [1.29, 1.82) is 0 Å². The Morgan fingerprint density at radius 2 is 1.61 bits per heavy atom. The molecule has 0 unspecified atom stereocenters. The normalized spacial score (nSPS) is 12.1. The fourth-order valence-corrected chi connectivity index (χ4v) is 3.88. The van der Waals surface area contributed by atoms with Crippen LogP contribution in [0.1, 0.15) is 34.0 Å². The number of aromatic nitrogens is 1. The van der Waals surface area contributed by atoms with Gasteiger partial charge in [0.2, 0.25) is 0 Å². The van der Waals surface area contributed by atoms with Crippen LogP contribution in [0, 0.1) is 20.8 Å². The predicted molar refractivity (Wildman–Crippen MR) is 117 cm³/mol. The Bertz CT molecular complexity index is 1130. The number of aryl methyl sites for hydroxylation is 3. The number of anilines is 1. The maximum absolute atomic E-state index is 5.71. The zero-order valence-corrected chi connectivity index (χ0v) is 16.8. The van der Waals surface area contributed by atoms with Crippen molar-refractivity contribution in [3.63, 3.8) is 0 Å². The van der Waals surface area contributed by atoms with Gasteiger partial charge in [-0.15, -0.1) is 0 Å². The van der Waals surface area contributed by atoms with Crippen LogP contribution < -0.4 is 10.1 Å². The van der Waals surface area contributed by atoms with Crippen LogP contribution in [-0.4, -0.2) is 12.1 Å². The number of rotatable bonds is 5. The maximum atomic E-state index is 5.71. The molecule has 0 saturated carbocycles. The molecule has 0 aliphatic rings. The van der Waals surface area contributed by atoms with Gasteiger partial charge in [-0.3, -0.25) is 0 Å². The molecule has 0 bridgehead atoms. The molecule has 1 atom stereocenters. The molecule has 0 radical (unpaired) electrons. The summed E-state index contributed by atoms with van der Waals surface area (Å²) in [5.41, 5.74) is 8.35. The minimum atomic E-state index is -0.0330. The Morgan fingerprint density at radius 1 is 0.857 bits per heavy atom. The van der Waals surface area contributed by atoms with Crippen molar-refractivity contribution < 1.29 is 4.74 Å². The summed E-state index contributed by atoms with van der Waals surface area (Å²) in [6.07, 6.45) is 0. The molecule has 3 nitrogen and oxygen atoms in total. The molecule has 3 heteroatoms. The van der Waals surface area contributed by atoms with Crippen molar-refractivity contribution in [1.82, 2.24) is 4.98 Å². The van der Waals surface area contributed by atoms with Crippen LogP contribution in [0.5, 0.6) is 5.75 Å². The second-order valence-electron chi connectivity index (χ2n) is 7.33. The summed E-state index contributed by atoms with van der Waals surface area (Å²) >= 11 is 0. The molecule has 2 N–H and O–H groups in total. The minimum absolute atomic E-state index is 0.0330. The Labute approximate surface area is 166 Å². The van der Waals surface area contributed by atoms with Gasteiger partial charge in [0.1, 0.15) is 5.75 Å². The molecule has 28 heavy (non-hydrogen) atoms. The zero-order chi connectivity index (χ0) is 19.7. The van der Waals surface area contributed by atoms with Gasteiger partial charge in [0.05, 0.1) is 13.2 Å². The van der Waals surface area contributed by atoms with Gasteiger partial charge in [-0.25, -0.2) is 0 Å². The lowest BCUT2D eigenvalue weighted by Crippen LogP contribution is -2.14. The van der Waals surface area contributed by atoms with E-state index in [1.54, 1.807) is 7.11 Å². The Hall–Kier alpha value is -3.20. The third kappa shape index (κ3) is 3.24. The number of benzene rings is 3. The molecule has 4 aromatic rings. The van der Waals surface area contributed by atoms with Crippen LogP contribution in [0.15, 0.2) is 66.7 Å². The summed E-state index contributed by atoms with van der Waals surface area (Å²) in [5, 5.41) is 5.00. The lowest BCUT2D eigenvalue weighted by Gasteiger charge is -2.24. The second-order valence-corrected chi connectivity index (χ2v) is 7.33. The van der Waals surface area contributed by atoms with E-state index in [4.69, 9.17) is 4.74 Å². The monoisotopic (exact) mass is 370 g/mol. The molecule has 3 aromatic carbocycles. The van der Waals surface area contributed by atoms with Crippen molar-refractivity contribution in [3.8, 4) is 5.75 Å². The van der Waals surface area contributed by atoms with Gasteiger partial charge in [-0.05, 0) is 56.2 Å². The first-order valence-electron chi connectivity index (χ1n) is 9.62. The van der Waals surface area contributed by atoms with E-state index in [2.05, 4.69) is 85.7 Å². The first kappa shape index (κ1) is 18.2. The van der Waals surface area contributed by atoms with Crippen LogP contribution in [0.2, 0.25) is 0 Å². The molecular weight excluding hydrogens is 344 g/mol. The minimum Gasteiger partial charge on any atom is -0.496 e. The van der Waals surface area contributed by atoms with Crippen LogP contribution in [0.3, 0.4) is 0 Å². The maximum Gasteiger partial charge on any atom is 0.124 e. The van der Waals surface area contributed by atoms with Gasteiger partial charge < -0.3 is 15.0 Å². The van der Waals surface area contributed by atoms with E-state index in [1.165, 1.54) is 22.1 Å². The average Bonchev–Trinajstić information content (AvgIpc) is 3.04. The highest BCUT2D eigenvalue weighted by Gasteiger charge is 2.23. The number of hydrogen-bond acceptors (Lipinski definition) is 2. The highest BCUT2D eigenvalue weighted by Crippen LogP contribution is 2.38. The summed E-state index contributed by atoms with van der Waals surface area (Å²) in [4.78, 5) is 3.54. The molecule has 4 rings (SSSR count). The van der Waals surface area contributed by atoms with Crippen molar-refractivity contribution in [2.24, 2.45) is 0 Å². The van der Waals surface area contributed by atoms with Gasteiger partial charge in [-0.2, -0.15) is 0 Å². The predicted octanol–water partition coefficient (Wildman–Crippen LogP) is 6.30. The third-order valence-electron chi connectivity index (χ3n) is 5.50. The number of aromatic amines is 1. The van der Waals surface area contributed by atoms with Crippen molar-refractivity contribution in [2.45, 2.75) is 26.8 Å². The van der Waals surface area contributed by atoms with E-state index in [0.29, 0.717) is 0 Å². The van der Waals surface area contributed by atoms with Crippen LogP contribution in [0.4, 0.5) is 5.69 Å². The Morgan fingerprint density at radius 3 is 2.39 bits per heavy atom. The summed E-state index contributed by atoms with van der Waals surface area (Å²) in [6.45, 7) is 6.43. The highest BCUT2D eigenvalue weighted by molar-refractivity contribution is 5.86.